The minimum atomic E-state index is -2.90. The van der Waals surface area contributed by atoms with Crippen LogP contribution >= 0.6 is 0 Å². The van der Waals surface area contributed by atoms with Crippen LogP contribution in [0.5, 0.6) is 5.75 Å². The summed E-state index contributed by atoms with van der Waals surface area (Å²) < 4.78 is 28.4. The molecule has 0 heterocycles. The maximum Gasteiger partial charge on any atom is 0.387 e. The van der Waals surface area contributed by atoms with Gasteiger partial charge in [-0.25, -0.2) is 4.79 Å². The lowest BCUT2D eigenvalue weighted by Crippen LogP contribution is -2.56. The van der Waals surface area contributed by atoms with Crippen molar-refractivity contribution < 1.29 is 28.2 Å². The highest BCUT2D eigenvalue weighted by Gasteiger charge is 2.42. The summed E-state index contributed by atoms with van der Waals surface area (Å²) in [5.41, 5.74) is -0.610. The lowest BCUT2D eigenvalue weighted by atomic mass is 9.77. The Bertz CT molecular complexity index is 581. The second-order valence-corrected chi connectivity index (χ2v) is 6.32. The van der Waals surface area contributed by atoms with Gasteiger partial charge in [0, 0.05) is 0 Å². The number of carbonyl (C=O) groups is 2. The molecule has 7 heteroatoms. The first-order valence-corrected chi connectivity index (χ1v) is 7.89. The molecule has 0 unspecified atom stereocenters. The third-order valence-corrected chi connectivity index (χ3v) is 4.43. The molecule has 0 spiro atoms. The average Bonchev–Trinajstić information content (AvgIpc) is 2.51. The van der Waals surface area contributed by atoms with Crippen molar-refractivity contribution in [2.45, 2.75) is 51.2 Å². The highest BCUT2D eigenvalue weighted by molar-refractivity contribution is 5.88. The highest BCUT2D eigenvalue weighted by Crippen LogP contribution is 2.32. The molecule has 1 aromatic rings. The number of carboxylic acid groups (broad SMARTS) is 1. The van der Waals surface area contributed by atoms with Crippen molar-refractivity contribution in [2.24, 2.45) is 5.92 Å². The van der Waals surface area contributed by atoms with E-state index in [1.54, 1.807) is 0 Å². The van der Waals surface area contributed by atoms with Crippen molar-refractivity contribution in [3.63, 3.8) is 0 Å². The molecular weight excluding hydrogens is 320 g/mol. The Morgan fingerprint density at radius 1 is 1.29 bits per heavy atom. The summed E-state index contributed by atoms with van der Waals surface area (Å²) in [5.74, 6) is -0.938. The Kier molecular flexibility index (Phi) is 5.75. The zero-order valence-electron chi connectivity index (χ0n) is 13.4. The fraction of sp³-hybridized carbons (Fsp3) is 0.529. The zero-order chi connectivity index (χ0) is 17.7. The van der Waals surface area contributed by atoms with Crippen LogP contribution in [0.4, 0.5) is 8.78 Å². The van der Waals surface area contributed by atoms with E-state index in [1.807, 2.05) is 0 Å². The summed E-state index contributed by atoms with van der Waals surface area (Å²) in [7, 11) is 0. The molecule has 1 saturated carbocycles. The van der Waals surface area contributed by atoms with Gasteiger partial charge in [0.2, 0.25) is 5.91 Å². The lowest BCUT2D eigenvalue weighted by Gasteiger charge is -2.36. The largest absolute Gasteiger partial charge is 0.480 e. The van der Waals surface area contributed by atoms with Crippen molar-refractivity contribution in [1.29, 1.82) is 0 Å². The maximum absolute atomic E-state index is 12.2. The van der Waals surface area contributed by atoms with Gasteiger partial charge in [-0.2, -0.15) is 8.78 Å². The van der Waals surface area contributed by atoms with Gasteiger partial charge in [-0.3, -0.25) is 4.79 Å². The van der Waals surface area contributed by atoms with Crippen LogP contribution in [0.3, 0.4) is 0 Å². The Hall–Kier alpha value is -2.18. The third kappa shape index (κ3) is 4.66. The molecule has 24 heavy (non-hydrogen) atoms. The first-order chi connectivity index (χ1) is 11.3. The molecule has 1 amide bonds. The molecule has 1 aliphatic rings. The molecule has 0 atom stereocenters. The number of rotatable bonds is 6. The molecule has 0 saturated heterocycles. The van der Waals surface area contributed by atoms with Crippen molar-refractivity contribution in [3.8, 4) is 5.75 Å². The summed E-state index contributed by atoms with van der Waals surface area (Å²) in [4.78, 5) is 23.8. The van der Waals surface area contributed by atoms with E-state index in [1.165, 1.54) is 24.3 Å². The van der Waals surface area contributed by atoms with Crippen LogP contribution in [0.25, 0.3) is 0 Å². The molecule has 1 fully saturated rings. The van der Waals surface area contributed by atoms with Crippen molar-refractivity contribution >= 4 is 11.9 Å². The number of halogens is 2. The van der Waals surface area contributed by atoms with E-state index in [0.29, 0.717) is 24.3 Å². The zero-order valence-corrected chi connectivity index (χ0v) is 13.4. The number of alkyl halides is 2. The van der Waals surface area contributed by atoms with E-state index in [2.05, 4.69) is 17.0 Å². The summed E-state index contributed by atoms with van der Waals surface area (Å²) >= 11 is 0. The predicted octanol–water partition coefficient (Wildman–Crippen LogP) is 2.98. The average molecular weight is 341 g/mol. The fourth-order valence-electron chi connectivity index (χ4n) is 2.93. The van der Waals surface area contributed by atoms with E-state index in [0.717, 1.165) is 12.8 Å². The van der Waals surface area contributed by atoms with E-state index < -0.39 is 24.0 Å². The Balaban J connectivity index is 1.97. The van der Waals surface area contributed by atoms with Crippen molar-refractivity contribution in [2.75, 3.05) is 0 Å². The second-order valence-electron chi connectivity index (χ2n) is 6.32. The first-order valence-electron chi connectivity index (χ1n) is 7.89. The summed E-state index contributed by atoms with van der Waals surface area (Å²) in [6, 6.07) is 5.72. The fourth-order valence-corrected chi connectivity index (χ4v) is 2.93. The Morgan fingerprint density at radius 2 is 1.88 bits per heavy atom. The number of hydrogen-bond acceptors (Lipinski definition) is 3. The molecule has 2 rings (SSSR count). The van der Waals surface area contributed by atoms with Crippen LogP contribution in [0, 0.1) is 5.92 Å². The number of nitrogens with one attached hydrogen (secondary N) is 1. The van der Waals surface area contributed by atoms with Crippen LogP contribution in [-0.4, -0.2) is 29.1 Å². The second kappa shape index (κ2) is 7.59. The van der Waals surface area contributed by atoms with E-state index in [4.69, 9.17) is 0 Å². The Labute approximate surface area is 139 Å². The standard InChI is InChI=1S/C17H21F2NO4/c1-11-6-8-17(9-7-11,15(22)23)20-14(21)10-12-2-4-13(5-3-12)24-16(18)19/h2-5,11,16H,6-10H2,1H3,(H,20,21)(H,22,23). The number of amides is 1. The van der Waals surface area contributed by atoms with E-state index in [-0.39, 0.29) is 12.2 Å². The number of benzene rings is 1. The quantitative estimate of drug-likeness (QED) is 0.834. The summed E-state index contributed by atoms with van der Waals surface area (Å²) in [6.07, 6.45) is 2.32. The van der Waals surface area contributed by atoms with Gasteiger partial charge in [-0.05, 0) is 49.3 Å². The van der Waals surface area contributed by atoms with E-state index >= 15 is 0 Å². The van der Waals surface area contributed by atoms with Crippen LogP contribution in [-0.2, 0) is 16.0 Å². The molecule has 5 nitrogen and oxygen atoms in total. The molecule has 2 N–H and O–H groups in total. The van der Waals surface area contributed by atoms with Crippen molar-refractivity contribution in [1.82, 2.24) is 5.32 Å². The number of carboxylic acids is 1. The number of aliphatic carboxylic acids is 1. The normalized spacial score (nSPS) is 23.8. The summed E-state index contributed by atoms with van der Waals surface area (Å²) in [6.45, 7) is -0.834. The first kappa shape index (κ1) is 18.2. The van der Waals surface area contributed by atoms with E-state index in [9.17, 15) is 23.5 Å². The molecule has 0 aliphatic heterocycles. The monoisotopic (exact) mass is 341 g/mol. The Morgan fingerprint density at radius 3 is 2.38 bits per heavy atom. The maximum atomic E-state index is 12.2. The molecular formula is C17H21F2NO4. The van der Waals surface area contributed by atoms with Gasteiger partial charge >= 0.3 is 12.6 Å². The highest BCUT2D eigenvalue weighted by atomic mass is 19.3. The molecule has 1 aromatic carbocycles. The summed E-state index contributed by atoms with van der Waals surface area (Å²) in [5, 5.41) is 12.2. The van der Waals surface area contributed by atoms with Crippen molar-refractivity contribution in [3.05, 3.63) is 29.8 Å². The molecule has 1 aliphatic carbocycles. The van der Waals surface area contributed by atoms with Gasteiger partial charge in [0.15, 0.2) is 0 Å². The number of ether oxygens (including phenoxy) is 1. The number of hydrogen-bond donors (Lipinski definition) is 2. The minimum absolute atomic E-state index is 0.0115. The predicted molar refractivity (Wildman–Crippen MR) is 82.9 cm³/mol. The molecule has 0 bridgehead atoms. The van der Waals surface area contributed by atoms with Gasteiger partial charge in [0.05, 0.1) is 6.42 Å². The van der Waals surface area contributed by atoms with Gasteiger partial charge in [-0.15, -0.1) is 0 Å². The topological polar surface area (TPSA) is 75.6 Å². The van der Waals surface area contributed by atoms with Gasteiger partial charge in [0.25, 0.3) is 0 Å². The van der Waals surface area contributed by atoms with Crippen LogP contribution in [0.1, 0.15) is 38.2 Å². The van der Waals surface area contributed by atoms with Gasteiger partial charge in [-0.1, -0.05) is 19.1 Å². The third-order valence-electron chi connectivity index (χ3n) is 4.43. The van der Waals surface area contributed by atoms with Gasteiger partial charge < -0.3 is 15.2 Å². The minimum Gasteiger partial charge on any atom is -0.480 e. The number of carbonyl (C=O) groups excluding carboxylic acids is 1. The van der Waals surface area contributed by atoms with Gasteiger partial charge in [0.1, 0.15) is 11.3 Å². The molecule has 132 valence electrons. The lowest BCUT2D eigenvalue weighted by molar-refractivity contribution is -0.149. The molecule has 0 aromatic heterocycles. The molecule has 0 radical (unpaired) electrons. The van der Waals surface area contributed by atoms with Crippen LogP contribution in [0.15, 0.2) is 24.3 Å². The van der Waals surface area contributed by atoms with Crippen LogP contribution < -0.4 is 10.1 Å². The van der Waals surface area contributed by atoms with Crippen LogP contribution in [0.2, 0.25) is 0 Å². The SMILES string of the molecule is CC1CCC(NC(=O)Cc2ccc(OC(F)F)cc2)(C(=O)O)CC1. The smallest absolute Gasteiger partial charge is 0.387 e.